The molecule has 0 N–H and O–H groups in total. The van der Waals surface area contributed by atoms with E-state index in [0.717, 1.165) is 0 Å². The second kappa shape index (κ2) is 37.0. The fourth-order valence-corrected chi connectivity index (χ4v) is 0. The molecule has 0 atom stereocenters. The molecule has 0 unspecified atom stereocenters. The Morgan fingerprint density at radius 2 is 1.00 bits per heavy atom. The zero-order valence-electron chi connectivity index (χ0n) is 3.48. The van der Waals surface area contributed by atoms with Crippen LogP contribution in [0.1, 0.15) is 0 Å². The number of halogens is 2. The summed E-state index contributed by atoms with van der Waals surface area (Å²) in [7, 11) is 3.25. The van der Waals surface area contributed by atoms with Crippen molar-refractivity contribution >= 4 is 0 Å². The minimum Gasteiger partial charge on any atom is -1.00 e. The van der Waals surface area contributed by atoms with Crippen LogP contribution in [0.15, 0.2) is 0 Å². The summed E-state index contributed by atoms with van der Waals surface area (Å²) >= 11 is 0. The fraction of sp³-hybridized carbons (Fsp3) is 1.00. The first-order valence-electron chi connectivity index (χ1n) is 0.816. The molecule has 0 saturated carbocycles. The van der Waals surface area contributed by atoms with Crippen molar-refractivity contribution in [3.05, 3.63) is 0 Å². The molecule has 0 aromatic carbocycles. The predicted molar refractivity (Wildman–Crippen MR) is 12.9 cm³/mol. The van der Waals surface area contributed by atoms with E-state index in [1.165, 1.54) is 0 Å². The van der Waals surface area contributed by atoms with Crippen molar-refractivity contribution in [1.29, 1.82) is 0 Å². The van der Waals surface area contributed by atoms with Crippen LogP contribution in [-0.4, -0.2) is 14.2 Å². The van der Waals surface area contributed by atoms with Crippen molar-refractivity contribution < 1.29 is 46.0 Å². The third-order valence-corrected chi connectivity index (χ3v) is 0. The van der Waals surface area contributed by atoms with Crippen molar-refractivity contribution in [3.8, 4) is 0 Å². The predicted octanol–water partition coefficient (Wildman–Crippen LogP) is -5.73. The number of rotatable bonds is 0. The van der Waals surface area contributed by atoms with Crippen molar-refractivity contribution in [2.45, 2.75) is 0 Å². The SMILES string of the molecule is COC.[Cl-].[Cl-].[Ni+2]. The molecule has 0 aromatic rings. The third-order valence-electron chi connectivity index (χ3n) is 0. The zero-order valence-corrected chi connectivity index (χ0v) is 5.98. The van der Waals surface area contributed by atoms with Crippen molar-refractivity contribution in [3.63, 3.8) is 0 Å². The van der Waals surface area contributed by atoms with Gasteiger partial charge in [-0.15, -0.1) is 0 Å². The second-order valence-corrected chi connectivity index (χ2v) is 0.408. The molecule has 0 aliphatic rings. The first-order valence-corrected chi connectivity index (χ1v) is 0.816. The molecule has 0 aliphatic carbocycles. The molecule has 0 spiro atoms. The molecule has 44 valence electrons. The summed E-state index contributed by atoms with van der Waals surface area (Å²) in [4.78, 5) is 0. The van der Waals surface area contributed by atoms with Crippen LogP contribution in [0.5, 0.6) is 0 Å². The molecule has 0 rings (SSSR count). The van der Waals surface area contributed by atoms with Gasteiger partial charge in [-0.1, -0.05) is 0 Å². The van der Waals surface area contributed by atoms with E-state index in [1.807, 2.05) is 0 Å². The summed E-state index contributed by atoms with van der Waals surface area (Å²) < 4.78 is 4.25. The molecule has 1 nitrogen and oxygen atoms in total. The summed E-state index contributed by atoms with van der Waals surface area (Å²) in [5.41, 5.74) is 0. The average Bonchev–Trinajstić information content (AvgIpc) is 0.918. The molecule has 0 fully saturated rings. The van der Waals surface area contributed by atoms with E-state index >= 15 is 0 Å². The Morgan fingerprint density at radius 3 is 1.00 bits per heavy atom. The maximum Gasteiger partial charge on any atom is 2.00 e. The maximum absolute atomic E-state index is 4.25. The van der Waals surface area contributed by atoms with Gasteiger partial charge in [0.25, 0.3) is 0 Å². The van der Waals surface area contributed by atoms with Crippen molar-refractivity contribution in [2.75, 3.05) is 14.2 Å². The smallest absolute Gasteiger partial charge is 1.00 e. The molecule has 0 heterocycles. The maximum atomic E-state index is 4.25. The number of hydrogen-bond acceptors (Lipinski definition) is 1. The standard InChI is InChI=1S/C2H6O.2ClH.Ni/c1-3-2;;;/h1-2H3;2*1H;/q;;;+2/p-2. The number of ether oxygens (including phenoxy) is 1. The normalized spacial score (nSPS) is 3.00. The van der Waals surface area contributed by atoms with Gasteiger partial charge in [-0.25, -0.2) is 0 Å². The Hall–Kier alpha value is 1.03. The molecule has 6 heavy (non-hydrogen) atoms. The Kier molecular flexibility index (Phi) is 171. The van der Waals surface area contributed by atoms with Crippen LogP contribution in [-0.2, 0) is 21.2 Å². The molecule has 0 amide bonds. The van der Waals surface area contributed by atoms with Crippen LogP contribution >= 0.6 is 0 Å². The summed E-state index contributed by atoms with van der Waals surface area (Å²) in [5, 5.41) is 0. The second-order valence-electron chi connectivity index (χ2n) is 0.408. The molecule has 0 bridgehead atoms. The molecule has 0 saturated heterocycles. The molecule has 4 heteroatoms. The first kappa shape index (κ1) is 27.8. The quantitative estimate of drug-likeness (QED) is 0.334. The van der Waals surface area contributed by atoms with E-state index in [2.05, 4.69) is 4.74 Å². The minimum atomic E-state index is 0. The molecule has 0 aromatic heterocycles. The van der Waals surface area contributed by atoms with E-state index < -0.39 is 0 Å². The Balaban J connectivity index is -0.00000000667. The Morgan fingerprint density at radius 1 is 1.00 bits per heavy atom. The molecule has 0 aliphatic heterocycles. The monoisotopic (exact) mass is 174 g/mol. The van der Waals surface area contributed by atoms with Crippen LogP contribution in [0.25, 0.3) is 0 Å². The molecular weight excluding hydrogens is 170 g/mol. The summed E-state index contributed by atoms with van der Waals surface area (Å²) in [6, 6.07) is 0. The van der Waals surface area contributed by atoms with Gasteiger partial charge in [0, 0.05) is 14.2 Å². The van der Waals surface area contributed by atoms with Crippen LogP contribution in [0.3, 0.4) is 0 Å². The average molecular weight is 176 g/mol. The van der Waals surface area contributed by atoms with Gasteiger partial charge in [-0.3, -0.25) is 0 Å². The largest absolute Gasteiger partial charge is 2.00 e. The van der Waals surface area contributed by atoms with Gasteiger partial charge in [0.2, 0.25) is 0 Å². The van der Waals surface area contributed by atoms with E-state index in [0.29, 0.717) is 0 Å². The summed E-state index contributed by atoms with van der Waals surface area (Å²) in [6.07, 6.45) is 0. The first-order chi connectivity index (χ1) is 1.41. The van der Waals surface area contributed by atoms with Crippen LogP contribution < -0.4 is 24.8 Å². The Bertz CT molecular complexity index is 11.5. The van der Waals surface area contributed by atoms with Gasteiger partial charge in [0.15, 0.2) is 0 Å². The van der Waals surface area contributed by atoms with E-state index in [4.69, 9.17) is 0 Å². The van der Waals surface area contributed by atoms with E-state index in [9.17, 15) is 0 Å². The topological polar surface area (TPSA) is 9.23 Å². The molecule has 0 radical (unpaired) electrons. The van der Waals surface area contributed by atoms with E-state index in [1.54, 1.807) is 14.2 Å². The number of methoxy groups -OCH3 is 1. The fourth-order valence-electron chi connectivity index (χ4n) is 0. The van der Waals surface area contributed by atoms with E-state index in [-0.39, 0.29) is 41.3 Å². The van der Waals surface area contributed by atoms with Crippen molar-refractivity contribution in [1.82, 2.24) is 0 Å². The minimum absolute atomic E-state index is 0. The van der Waals surface area contributed by atoms with Crippen LogP contribution in [0.4, 0.5) is 0 Å². The zero-order chi connectivity index (χ0) is 2.71. The summed E-state index contributed by atoms with van der Waals surface area (Å²) in [5.74, 6) is 0. The van der Waals surface area contributed by atoms with Crippen LogP contribution in [0.2, 0.25) is 0 Å². The van der Waals surface area contributed by atoms with Gasteiger partial charge in [-0.2, -0.15) is 0 Å². The van der Waals surface area contributed by atoms with Gasteiger partial charge in [0.1, 0.15) is 0 Å². The molecular formula is C2H6Cl2NiO. The third kappa shape index (κ3) is 76.7. The van der Waals surface area contributed by atoms with Crippen molar-refractivity contribution in [2.24, 2.45) is 0 Å². The number of hydrogen-bond donors (Lipinski definition) is 0. The van der Waals surface area contributed by atoms with Gasteiger partial charge in [-0.05, 0) is 0 Å². The summed E-state index contributed by atoms with van der Waals surface area (Å²) in [6.45, 7) is 0. The van der Waals surface area contributed by atoms with Gasteiger partial charge in [0.05, 0.1) is 0 Å². The van der Waals surface area contributed by atoms with Gasteiger partial charge < -0.3 is 29.6 Å². The Labute approximate surface area is 60.6 Å². The van der Waals surface area contributed by atoms with Crippen LogP contribution in [0, 0.1) is 0 Å². The van der Waals surface area contributed by atoms with Gasteiger partial charge >= 0.3 is 16.5 Å².